The van der Waals surface area contributed by atoms with Gasteiger partial charge in [0.25, 0.3) is 5.91 Å². The first-order valence-corrected chi connectivity index (χ1v) is 8.91. The molecule has 0 unspecified atom stereocenters. The first-order valence-electron chi connectivity index (χ1n) is 8.91. The summed E-state index contributed by atoms with van der Waals surface area (Å²) in [4.78, 5) is 24.0. The van der Waals surface area contributed by atoms with Crippen molar-refractivity contribution in [2.24, 2.45) is 0 Å². The number of anilines is 2. The Bertz CT molecular complexity index is 847. The fraction of sp³-hybridized carbons (Fsp3) is 0.368. The number of benzene rings is 1. The molecule has 0 fully saturated rings. The summed E-state index contributed by atoms with van der Waals surface area (Å²) in [5.74, 6) is -0.764. The highest BCUT2D eigenvalue weighted by atomic mass is 19.4. The number of amides is 3. The van der Waals surface area contributed by atoms with E-state index in [-0.39, 0.29) is 18.0 Å². The lowest BCUT2D eigenvalue weighted by molar-refractivity contribution is -0.136. The van der Waals surface area contributed by atoms with E-state index in [1.807, 2.05) is 0 Å². The lowest BCUT2D eigenvalue weighted by Gasteiger charge is -2.25. The molecule has 0 aliphatic rings. The Morgan fingerprint density at radius 2 is 1.79 bits per heavy atom. The summed E-state index contributed by atoms with van der Waals surface area (Å²) in [5, 5.41) is 17.0. The lowest BCUT2D eigenvalue weighted by Crippen LogP contribution is -2.43. The van der Waals surface area contributed by atoms with Gasteiger partial charge in [0.2, 0.25) is 0 Å². The molecule has 0 saturated heterocycles. The third-order valence-electron chi connectivity index (χ3n) is 4.47. The zero-order valence-corrected chi connectivity index (χ0v) is 15.9. The normalized spacial score (nSPS) is 11.8. The van der Waals surface area contributed by atoms with E-state index in [2.05, 4.69) is 16.0 Å². The van der Waals surface area contributed by atoms with Crippen molar-refractivity contribution >= 4 is 23.3 Å². The monoisotopic (exact) mass is 413 g/mol. The SMILES string of the molecule is CCC(O)(CC)CNC(=O)Nc1ccc(NC(=O)c2ccco2)cc1C(F)(F)F. The van der Waals surface area contributed by atoms with Crippen molar-refractivity contribution in [2.45, 2.75) is 38.5 Å². The molecule has 7 nitrogen and oxygen atoms in total. The average Bonchev–Trinajstić information content (AvgIpc) is 3.21. The van der Waals surface area contributed by atoms with Gasteiger partial charge in [-0.05, 0) is 43.2 Å². The lowest BCUT2D eigenvalue weighted by atomic mass is 9.98. The zero-order valence-electron chi connectivity index (χ0n) is 15.9. The maximum Gasteiger partial charge on any atom is 0.418 e. The first-order chi connectivity index (χ1) is 13.6. The molecule has 0 radical (unpaired) electrons. The number of furan rings is 1. The van der Waals surface area contributed by atoms with E-state index in [4.69, 9.17) is 4.42 Å². The van der Waals surface area contributed by atoms with Crippen molar-refractivity contribution < 1.29 is 32.3 Å². The molecule has 4 N–H and O–H groups in total. The molecule has 2 rings (SSSR count). The Morgan fingerprint density at radius 3 is 2.34 bits per heavy atom. The third-order valence-corrected chi connectivity index (χ3v) is 4.47. The van der Waals surface area contributed by atoms with E-state index in [0.29, 0.717) is 18.9 Å². The number of nitrogens with one attached hydrogen (secondary N) is 3. The molecule has 1 aromatic heterocycles. The van der Waals surface area contributed by atoms with Gasteiger partial charge in [0.1, 0.15) is 0 Å². The quantitative estimate of drug-likeness (QED) is 0.546. The van der Waals surface area contributed by atoms with Crippen LogP contribution in [0.15, 0.2) is 41.0 Å². The van der Waals surface area contributed by atoms with Gasteiger partial charge in [-0.2, -0.15) is 13.2 Å². The van der Waals surface area contributed by atoms with E-state index in [0.717, 1.165) is 6.07 Å². The predicted molar refractivity (Wildman–Crippen MR) is 101 cm³/mol. The highest BCUT2D eigenvalue weighted by Gasteiger charge is 2.34. The molecular formula is C19H22F3N3O4. The number of carbonyl (C=O) groups excluding carboxylic acids is 2. The van der Waals surface area contributed by atoms with Gasteiger partial charge in [-0.15, -0.1) is 0 Å². The molecule has 3 amide bonds. The number of hydrogen-bond acceptors (Lipinski definition) is 4. The standard InChI is InChI=1S/C19H22F3N3O4/c1-3-18(28,4-2)11-23-17(27)25-14-8-7-12(10-13(14)19(20,21)22)24-16(26)15-6-5-9-29-15/h5-10,28H,3-4,11H2,1-2H3,(H,24,26)(H2,23,25,27). The number of halogens is 3. The Kier molecular flexibility index (Phi) is 6.91. The Hall–Kier alpha value is -3.01. The van der Waals surface area contributed by atoms with Crippen LogP contribution in [0.4, 0.5) is 29.3 Å². The van der Waals surface area contributed by atoms with Crippen LogP contribution in [0.2, 0.25) is 0 Å². The molecule has 158 valence electrons. The van der Waals surface area contributed by atoms with Crippen molar-refractivity contribution in [1.29, 1.82) is 0 Å². The fourth-order valence-electron chi connectivity index (χ4n) is 2.48. The minimum Gasteiger partial charge on any atom is -0.459 e. The van der Waals surface area contributed by atoms with Crippen LogP contribution < -0.4 is 16.0 Å². The van der Waals surface area contributed by atoms with E-state index in [1.165, 1.54) is 24.5 Å². The molecule has 0 aliphatic carbocycles. The molecule has 0 aliphatic heterocycles. The molecule has 0 spiro atoms. The number of carbonyl (C=O) groups is 2. The van der Waals surface area contributed by atoms with Crippen LogP contribution in [0.1, 0.15) is 42.8 Å². The van der Waals surface area contributed by atoms with Crippen LogP contribution in [-0.4, -0.2) is 29.2 Å². The summed E-state index contributed by atoms with van der Waals surface area (Å²) < 4.78 is 45.2. The van der Waals surface area contributed by atoms with Gasteiger partial charge in [-0.1, -0.05) is 13.8 Å². The second kappa shape index (κ2) is 8.99. The van der Waals surface area contributed by atoms with Gasteiger partial charge in [0.15, 0.2) is 5.76 Å². The van der Waals surface area contributed by atoms with E-state index >= 15 is 0 Å². The van der Waals surface area contributed by atoms with Crippen LogP contribution in [0.25, 0.3) is 0 Å². The number of aliphatic hydroxyl groups is 1. The summed E-state index contributed by atoms with van der Waals surface area (Å²) in [5.41, 5.74) is -2.87. The average molecular weight is 413 g/mol. The van der Waals surface area contributed by atoms with Crippen molar-refractivity contribution in [3.05, 3.63) is 47.9 Å². The molecule has 1 aromatic carbocycles. The number of urea groups is 1. The van der Waals surface area contributed by atoms with Crippen LogP contribution in [0, 0.1) is 0 Å². The smallest absolute Gasteiger partial charge is 0.418 e. The Balaban J connectivity index is 2.15. The van der Waals surface area contributed by atoms with Gasteiger partial charge in [0, 0.05) is 12.2 Å². The summed E-state index contributed by atoms with van der Waals surface area (Å²) in [6.07, 6.45) is -2.76. The fourth-order valence-corrected chi connectivity index (χ4v) is 2.48. The van der Waals surface area contributed by atoms with Gasteiger partial charge in [-0.25, -0.2) is 4.79 Å². The molecule has 0 bridgehead atoms. The molecule has 1 heterocycles. The predicted octanol–water partition coefficient (Wildman–Crippen LogP) is 4.22. The molecule has 0 saturated carbocycles. The number of alkyl halides is 3. The van der Waals surface area contributed by atoms with Gasteiger partial charge < -0.3 is 25.5 Å². The van der Waals surface area contributed by atoms with Crippen molar-refractivity contribution in [2.75, 3.05) is 17.2 Å². The maximum atomic E-state index is 13.4. The second-order valence-electron chi connectivity index (χ2n) is 6.43. The van der Waals surface area contributed by atoms with E-state index < -0.39 is 35.0 Å². The summed E-state index contributed by atoms with van der Waals surface area (Å²) in [6.45, 7) is 3.37. The van der Waals surface area contributed by atoms with E-state index in [1.54, 1.807) is 13.8 Å². The molecular weight excluding hydrogens is 391 g/mol. The van der Waals surface area contributed by atoms with E-state index in [9.17, 15) is 27.9 Å². The summed E-state index contributed by atoms with van der Waals surface area (Å²) in [7, 11) is 0. The highest BCUT2D eigenvalue weighted by Crippen LogP contribution is 2.36. The molecule has 0 atom stereocenters. The van der Waals surface area contributed by atoms with Gasteiger partial charge in [-0.3, -0.25) is 4.79 Å². The molecule has 29 heavy (non-hydrogen) atoms. The summed E-state index contributed by atoms with van der Waals surface area (Å²) in [6, 6.07) is 4.92. The van der Waals surface area contributed by atoms with Crippen LogP contribution in [0.3, 0.4) is 0 Å². The van der Waals surface area contributed by atoms with Crippen molar-refractivity contribution in [3.8, 4) is 0 Å². The van der Waals surface area contributed by atoms with Crippen molar-refractivity contribution in [3.63, 3.8) is 0 Å². The largest absolute Gasteiger partial charge is 0.459 e. The van der Waals surface area contributed by atoms with Gasteiger partial charge >= 0.3 is 12.2 Å². The minimum atomic E-state index is -4.78. The number of hydrogen-bond donors (Lipinski definition) is 4. The molecule has 10 heteroatoms. The van der Waals surface area contributed by atoms with Crippen molar-refractivity contribution in [1.82, 2.24) is 5.32 Å². The maximum absolute atomic E-state index is 13.4. The Morgan fingerprint density at radius 1 is 1.10 bits per heavy atom. The van der Waals surface area contributed by atoms with Crippen LogP contribution in [0.5, 0.6) is 0 Å². The third kappa shape index (κ3) is 5.98. The van der Waals surface area contributed by atoms with Crippen LogP contribution in [-0.2, 0) is 6.18 Å². The highest BCUT2D eigenvalue weighted by molar-refractivity contribution is 6.02. The van der Waals surface area contributed by atoms with Crippen LogP contribution >= 0.6 is 0 Å². The van der Waals surface area contributed by atoms with Gasteiger partial charge in [0.05, 0.1) is 23.1 Å². The number of rotatable bonds is 7. The zero-order chi connectivity index (χ0) is 21.7. The molecule has 2 aromatic rings. The topological polar surface area (TPSA) is 104 Å². The Labute approximate surface area is 165 Å². The summed E-state index contributed by atoms with van der Waals surface area (Å²) >= 11 is 0. The first kappa shape index (κ1) is 22.3. The second-order valence-corrected chi connectivity index (χ2v) is 6.43. The minimum absolute atomic E-state index is 0.0560.